The number of methoxy groups -OCH3 is 1. The molecule has 1 amide bonds. The van der Waals surface area contributed by atoms with E-state index in [0.29, 0.717) is 0 Å². The summed E-state index contributed by atoms with van der Waals surface area (Å²) in [7, 11) is 2.75. The maximum Gasteiger partial charge on any atom is 0.310 e. The minimum atomic E-state index is -0.606. The van der Waals surface area contributed by atoms with Gasteiger partial charge in [0, 0.05) is 19.7 Å². The SMILES string of the molecule is COC(=O)C(C)CN(C)C(=O)c1ccccc1[N+](=O)[O-]. The number of hydrogen-bond donors (Lipinski definition) is 0. The van der Waals surface area contributed by atoms with Gasteiger partial charge in [-0.3, -0.25) is 19.7 Å². The van der Waals surface area contributed by atoms with Gasteiger partial charge in [0.05, 0.1) is 18.0 Å². The highest BCUT2D eigenvalue weighted by molar-refractivity contribution is 5.98. The Morgan fingerprint density at radius 2 is 2.00 bits per heavy atom. The van der Waals surface area contributed by atoms with Crippen molar-refractivity contribution < 1.29 is 19.2 Å². The zero-order valence-corrected chi connectivity index (χ0v) is 11.5. The number of carbonyl (C=O) groups is 2. The molecular weight excluding hydrogens is 264 g/mol. The summed E-state index contributed by atoms with van der Waals surface area (Å²) in [6.07, 6.45) is 0. The van der Waals surface area contributed by atoms with Crippen molar-refractivity contribution in [2.75, 3.05) is 20.7 Å². The van der Waals surface area contributed by atoms with E-state index in [1.807, 2.05) is 0 Å². The average molecular weight is 280 g/mol. The van der Waals surface area contributed by atoms with Crippen molar-refractivity contribution >= 4 is 17.6 Å². The van der Waals surface area contributed by atoms with Gasteiger partial charge in [0.1, 0.15) is 5.56 Å². The van der Waals surface area contributed by atoms with Gasteiger partial charge >= 0.3 is 5.97 Å². The topological polar surface area (TPSA) is 89.8 Å². The van der Waals surface area contributed by atoms with E-state index in [0.717, 1.165) is 0 Å². The number of rotatable bonds is 5. The molecule has 108 valence electrons. The molecule has 0 radical (unpaired) electrons. The Labute approximate surface area is 116 Å². The maximum atomic E-state index is 12.2. The molecule has 1 unspecified atom stereocenters. The summed E-state index contributed by atoms with van der Waals surface area (Å²) in [6.45, 7) is 1.74. The van der Waals surface area contributed by atoms with Crippen LogP contribution in [0.15, 0.2) is 24.3 Å². The largest absolute Gasteiger partial charge is 0.469 e. The van der Waals surface area contributed by atoms with Gasteiger partial charge in [-0.25, -0.2) is 0 Å². The molecule has 20 heavy (non-hydrogen) atoms. The molecule has 0 saturated carbocycles. The van der Waals surface area contributed by atoms with Crippen LogP contribution in [0.5, 0.6) is 0 Å². The smallest absolute Gasteiger partial charge is 0.310 e. The van der Waals surface area contributed by atoms with E-state index in [9.17, 15) is 19.7 Å². The highest BCUT2D eigenvalue weighted by Gasteiger charge is 2.24. The first kappa shape index (κ1) is 15.6. The van der Waals surface area contributed by atoms with Crippen molar-refractivity contribution in [1.82, 2.24) is 4.90 Å². The number of carbonyl (C=O) groups excluding carboxylic acids is 2. The number of esters is 1. The van der Waals surface area contributed by atoms with Gasteiger partial charge in [-0.05, 0) is 6.07 Å². The first-order valence-electron chi connectivity index (χ1n) is 5.95. The fourth-order valence-electron chi connectivity index (χ4n) is 1.79. The molecule has 7 nitrogen and oxygen atoms in total. The van der Waals surface area contributed by atoms with Gasteiger partial charge < -0.3 is 9.64 Å². The Bertz CT molecular complexity index is 529. The second-order valence-corrected chi connectivity index (χ2v) is 4.38. The van der Waals surface area contributed by atoms with E-state index in [4.69, 9.17) is 0 Å². The molecule has 1 aromatic carbocycles. The number of nitro benzene ring substituents is 1. The first-order valence-corrected chi connectivity index (χ1v) is 5.95. The van der Waals surface area contributed by atoms with Crippen LogP contribution in [0.2, 0.25) is 0 Å². The highest BCUT2D eigenvalue weighted by atomic mass is 16.6. The quantitative estimate of drug-likeness (QED) is 0.463. The zero-order valence-electron chi connectivity index (χ0n) is 11.5. The lowest BCUT2D eigenvalue weighted by atomic mass is 10.1. The van der Waals surface area contributed by atoms with Crippen molar-refractivity contribution in [2.45, 2.75) is 6.92 Å². The molecule has 0 aliphatic carbocycles. The predicted molar refractivity (Wildman–Crippen MR) is 71.2 cm³/mol. The van der Waals surface area contributed by atoms with Crippen LogP contribution >= 0.6 is 0 Å². The van der Waals surface area contributed by atoms with E-state index in [1.165, 1.54) is 37.3 Å². The summed E-state index contributed by atoms with van der Waals surface area (Å²) in [5.74, 6) is -1.45. The summed E-state index contributed by atoms with van der Waals surface area (Å²) in [5.41, 5.74) is -0.257. The standard InChI is InChI=1S/C13H16N2O5/c1-9(13(17)20-3)8-14(2)12(16)10-6-4-5-7-11(10)15(18)19/h4-7,9H,8H2,1-3H3. The Balaban J connectivity index is 2.90. The van der Waals surface area contributed by atoms with E-state index < -0.39 is 22.7 Å². The first-order chi connectivity index (χ1) is 9.38. The maximum absolute atomic E-state index is 12.2. The van der Waals surface area contributed by atoms with Crippen molar-refractivity contribution in [3.8, 4) is 0 Å². The van der Waals surface area contributed by atoms with E-state index >= 15 is 0 Å². The minimum Gasteiger partial charge on any atom is -0.469 e. The van der Waals surface area contributed by atoms with Crippen LogP contribution in [0.3, 0.4) is 0 Å². The third-order valence-electron chi connectivity index (χ3n) is 2.83. The Morgan fingerprint density at radius 1 is 1.40 bits per heavy atom. The second kappa shape index (κ2) is 6.65. The number of para-hydroxylation sites is 1. The minimum absolute atomic E-state index is 0.00272. The molecule has 0 aliphatic rings. The number of nitrogens with zero attached hydrogens (tertiary/aromatic N) is 2. The monoisotopic (exact) mass is 280 g/mol. The lowest BCUT2D eigenvalue weighted by Crippen LogP contribution is -2.34. The van der Waals surface area contributed by atoms with Crippen LogP contribution in [0.1, 0.15) is 17.3 Å². The van der Waals surface area contributed by atoms with Crippen LogP contribution in [0.25, 0.3) is 0 Å². The van der Waals surface area contributed by atoms with Crippen LogP contribution < -0.4 is 0 Å². The molecule has 7 heteroatoms. The summed E-state index contributed by atoms with van der Waals surface area (Å²) < 4.78 is 4.58. The molecule has 0 heterocycles. The molecule has 1 atom stereocenters. The zero-order chi connectivity index (χ0) is 15.3. The average Bonchev–Trinajstić information content (AvgIpc) is 2.45. The van der Waals surface area contributed by atoms with Crippen LogP contribution in [0.4, 0.5) is 5.69 Å². The van der Waals surface area contributed by atoms with E-state index in [2.05, 4.69) is 4.74 Å². The number of nitro groups is 1. The molecule has 0 aliphatic heterocycles. The van der Waals surface area contributed by atoms with Gasteiger partial charge in [-0.15, -0.1) is 0 Å². The molecule has 1 rings (SSSR count). The summed E-state index contributed by atoms with van der Waals surface area (Å²) >= 11 is 0. The Kier molecular flexibility index (Phi) is 5.19. The number of benzene rings is 1. The summed E-state index contributed by atoms with van der Waals surface area (Å²) in [6, 6.07) is 5.70. The number of amides is 1. The highest BCUT2D eigenvalue weighted by Crippen LogP contribution is 2.19. The second-order valence-electron chi connectivity index (χ2n) is 4.38. The lowest BCUT2D eigenvalue weighted by molar-refractivity contribution is -0.385. The third-order valence-corrected chi connectivity index (χ3v) is 2.83. The molecule has 0 spiro atoms. The van der Waals surface area contributed by atoms with Gasteiger partial charge in [0.15, 0.2) is 0 Å². The summed E-state index contributed by atoms with van der Waals surface area (Å²) in [5, 5.41) is 10.9. The van der Waals surface area contributed by atoms with Crippen LogP contribution in [0, 0.1) is 16.0 Å². The van der Waals surface area contributed by atoms with Crippen molar-refractivity contribution in [3.05, 3.63) is 39.9 Å². The van der Waals surface area contributed by atoms with Crippen molar-refractivity contribution in [1.29, 1.82) is 0 Å². The fraction of sp³-hybridized carbons (Fsp3) is 0.385. The lowest BCUT2D eigenvalue weighted by Gasteiger charge is -2.20. The van der Waals surface area contributed by atoms with Gasteiger partial charge in [0.25, 0.3) is 11.6 Å². The van der Waals surface area contributed by atoms with Crippen molar-refractivity contribution in [2.24, 2.45) is 5.92 Å². The normalized spacial score (nSPS) is 11.6. The van der Waals surface area contributed by atoms with Crippen molar-refractivity contribution in [3.63, 3.8) is 0 Å². The van der Waals surface area contributed by atoms with Gasteiger partial charge in [0.2, 0.25) is 0 Å². The number of ether oxygens (including phenoxy) is 1. The Morgan fingerprint density at radius 3 is 2.55 bits per heavy atom. The van der Waals surface area contributed by atoms with Gasteiger partial charge in [-0.1, -0.05) is 19.1 Å². The molecular formula is C13H16N2O5. The third kappa shape index (κ3) is 3.53. The molecule has 1 aromatic rings. The molecule has 0 bridgehead atoms. The molecule has 0 fully saturated rings. The molecule has 0 saturated heterocycles. The summed E-state index contributed by atoms with van der Waals surface area (Å²) in [4.78, 5) is 35.0. The van der Waals surface area contributed by atoms with E-state index in [-0.39, 0.29) is 17.8 Å². The molecule has 0 aromatic heterocycles. The fourth-order valence-corrected chi connectivity index (χ4v) is 1.79. The van der Waals surface area contributed by atoms with E-state index in [1.54, 1.807) is 13.0 Å². The van der Waals surface area contributed by atoms with Crippen LogP contribution in [-0.4, -0.2) is 42.4 Å². The predicted octanol–water partition coefficient (Wildman–Crippen LogP) is 1.48. The van der Waals surface area contributed by atoms with Crippen LogP contribution in [-0.2, 0) is 9.53 Å². The van der Waals surface area contributed by atoms with Gasteiger partial charge in [-0.2, -0.15) is 0 Å². The number of hydrogen-bond acceptors (Lipinski definition) is 5. The molecule has 0 N–H and O–H groups in total. The Hall–Kier alpha value is -2.44.